The van der Waals surface area contributed by atoms with E-state index in [1.165, 1.54) is 4.90 Å². The van der Waals surface area contributed by atoms with Gasteiger partial charge in [-0.05, 0) is 17.7 Å². The van der Waals surface area contributed by atoms with Crippen molar-refractivity contribution in [1.82, 2.24) is 15.1 Å². The Balaban J connectivity index is 2.58. The molecule has 1 aromatic rings. The number of carboxylic acid groups (broad SMARTS) is 1. The minimum atomic E-state index is -1.31. The Morgan fingerprint density at radius 3 is 2.34 bits per heavy atom. The van der Waals surface area contributed by atoms with Crippen molar-refractivity contribution in [1.29, 1.82) is 0 Å². The predicted molar refractivity (Wildman–Crippen MR) is 114 cm³/mol. The maximum absolute atomic E-state index is 13.1. The molecule has 0 radical (unpaired) electrons. The number of rotatable bonds is 11. The monoisotopic (exact) mass is 449 g/mol. The molecule has 0 aromatic heterocycles. The van der Waals surface area contributed by atoms with Gasteiger partial charge in [0.05, 0.1) is 6.61 Å². The fourth-order valence-corrected chi connectivity index (χ4v) is 3.85. The van der Waals surface area contributed by atoms with E-state index in [2.05, 4.69) is 0 Å². The van der Waals surface area contributed by atoms with Crippen molar-refractivity contribution in [3.05, 3.63) is 35.9 Å². The van der Waals surface area contributed by atoms with Crippen molar-refractivity contribution in [2.45, 2.75) is 52.2 Å². The minimum Gasteiger partial charge on any atom is -0.481 e. The van der Waals surface area contributed by atoms with Gasteiger partial charge in [0.25, 0.3) is 0 Å². The smallest absolute Gasteiger partial charge is 0.340 e. The van der Waals surface area contributed by atoms with Crippen molar-refractivity contribution < 1.29 is 33.9 Å². The first-order valence-electron chi connectivity index (χ1n) is 10.7. The quantitative estimate of drug-likeness (QED) is 0.393. The molecule has 1 aliphatic rings. The van der Waals surface area contributed by atoms with Crippen LogP contribution in [0.25, 0.3) is 0 Å². The van der Waals surface area contributed by atoms with Crippen LogP contribution in [0.4, 0.5) is 0 Å². The van der Waals surface area contributed by atoms with Crippen molar-refractivity contribution in [3.63, 3.8) is 0 Å². The van der Waals surface area contributed by atoms with Crippen molar-refractivity contribution in [2.24, 2.45) is 0 Å². The van der Waals surface area contributed by atoms with Crippen LogP contribution in [0.15, 0.2) is 30.3 Å². The number of benzene rings is 1. The van der Waals surface area contributed by atoms with Gasteiger partial charge in [0, 0.05) is 19.0 Å². The first-order chi connectivity index (χ1) is 15.2. The molecule has 0 unspecified atom stereocenters. The average molecular weight is 450 g/mol. The topological polar surface area (TPSA) is 117 Å². The maximum Gasteiger partial charge on any atom is 0.340 e. The number of Topliss-reactive ketones (excluding diaryl/α,β-unsaturated/α-hetero) is 1. The number of aliphatic carboxylic acids is 1. The summed E-state index contributed by atoms with van der Waals surface area (Å²) in [4.78, 5) is 56.8. The summed E-state index contributed by atoms with van der Waals surface area (Å²) >= 11 is 0. The van der Waals surface area contributed by atoms with Gasteiger partial charge in [-0.2, -0.15) is 0 Å². The van der Waals surface area contributed by atoms with E-state index in [-0.39, 0.29) is 13.2 Å². The maximum atomic E-state index is 13.1. The van der Waals surface area contributed by atoms with Gasteiger partial charge >= 0.3 is 17.9 Å². The van der Waals surface area contributed by atoms with E-state index < -0.39 is 48.2 Å². The number of hydrogen-bond acceptors (Lipinski definition) is 9. The summed E-state index contributed by atoms with van der Waals surface area (Å²) in [5.74, 6) is -3.74. The summed E-state index contributed by atoms with van der Waals surface area (Å²) in [6.07, 6.45) is -2.07. The first kappa shape index (κ1) is 25.4. The molecule has 0 saturated carbocycles. The second-order valence-corrected chi connectivity index (χ2v) is 7.38. The number of nitrogens with zero attached hydrogens (tertiary/aromatic N) is 3. The van der Waals surface area contributed by atoms with Crippen LogP contribution in [0.3, 0.4) is 0 Å². The summed E-state index contributed by atoms with van der Waals surface area (Å²) < 4.78 is 5.30. The third-order valence-electron chi connectivity index (χ3n) is 5.34. The molecular formula is C22H31N3O7. The van der Waals surface area contributed by atoms with Crippen LogP contribution in [0.2, 0.25) is 0 Å². The number of ether oxygens (including phenoxy) is 1. The van der Waals surface area contributed by atoms with Crippen LogP contribution in [0.5, 0.6) is 0 Å². The Labute approximate surface area is 187 Å². The molecule has 0 bridgehead atoms. The van der Waals surface area contributed by atoms with Crippen LogP contribution < -0.4 is 0 Å². The summed E-state index contributed by atoms with van der Waals surface area (Å²) in [5.41, 5.74) is 0.809. The normalized spacial score (nSPS) is 19.3. The van der Waals surface area contributed by atoms with Gasteiger partial charge in [-0.15, -0.1) is 0 Å². The second kappa shape index (κ2) is 11.7. The Bertz CT molecular complexity index is 813. The van der Waals surface area contributed by atoms with Gasteiger partial charge < -0.3 is 14.7 Å². The van der Waals surface area contributed by atoms with Crippen molar-refractivity contribution in [2.75, 3.05) is 26.2 Å². The Kier molecular flexibility index (Phi) is 9.30. The SMILES string of the molecule is CCOC(=O)[C@H]([C@@H](C)c1ccccc1)N1CC(=O)ON(N(CC)CC)[C@H]1C(=O)CC(=O)O. The lowest BCUT2D eigenvalue weighted by molar-refractivity contribution is -0.320. The zero-order chi connectivity index (χ0) is 23.8. The number of ketones is 1. The van der Waals surface area contributed by atoms with E-state index in [4.69, 9.17) is 9.57 Å². The van der Waals surface area contributed by atoms with Gasteiger partial charge in [0.15, 0.2) is 11.9 Å². The highest BCUT2D eigenvalue weighted by Gasteiger charge is 2.49. The second-order valence-electron chi connectivity index (χ2n) is 7.38. The highest BCUT2D eigenvalue weighted by Crippen LogP contribution is 2.30. The van der Waals surface area contributed by atoms with Gasteiger partial charge in [-0.1, -0.05) is 51.1 Å². The molecule has 2 rings (SSSR count). The predicted octanol–water partition coefficient (Wildman–Crippen LogP) is 1.42. The Morgan fingerprint density at radius 1 is 1.19 bits per heavy atom. The molecule has 10 nitrogen and oxygen atoms in total. The van der Waals surface area contributed by atoms with Gasteiger partial charge in [0.1, 0.15) is 19.0 Å². The van der Waals surface area contributed by atoms with Crippen LogP contribution in [-0.2, 0) is 28.8 Å². The highest BCUT2D eigenvalue weighted by atomic mass is 16.8. The Hall–Kier alpha value is -2.82. The summed E-state index contributed by atoms with van der Waals surface area (Å²) in [5, 5.41) is 11.9. The molecule has 10 heteroatoms. The van der Waals surface area contributed by atoms with E-state index in [1.54, 1.807) is 18.9 Å². The molecule has 1 aromatic carbocycles. The van der Waals surface area contributed by atoms with E-state index >= 15 is 0 Å². The third kappa shape index (κ3) is 5.90. The first-order valence-corrected chi connectivity index (χ1v) is 10.7. The van der Waals surface area contributed by atoms with Crippen LogP contribution in [-0.4, -0.2) is 82.3 Å². The van der Waals surface area contributed by atoms with Crippen molar-refractivity contribution >= 4 is 23.7 Å². The molecule has 32 heavy (non-hydrogen) atoms. The molecule has 1 aliphatic heterocycles. The van der Waals surface area contributed by atoms with Gasteiger partial charge in [0.2, 0.25) is 0 Å². The fourth-order valence-electron chi connectivity index (χ4n) is 3.85. The van der Waals surface area contributed by atoms with Crippen LogP contribution in [0.1, 0.15) is 45.6 Å². The fraction of sp³-hybridized carbons (Fsp3) is 0.545. The molecule has 176 valence electrons. The zero-order valence-electron chi connectivity index (χ0n) is 18.9. The number of hydroxylamine groups is 1. The average Bonchev–Trinajstić information content (AvgIpc) is 2.74. The van der Waals surface area contributed by atoms with Crippen molar-refractivity contribution in [3.8, 4) is 0 Å². The molecule has 1 N–H and O–H groups in total. The summed E-state index contributed by atoms with van der Waals surface area (Å²) in [7, 11) is 0. The number of hydrazine groups is 1. The highest BCUT2D eigenvalue weighted by molar-refractivity contribution is 5.98. The standard InChI is InChI=1S/C22H31N3O7/c1-5-23(6-2)25-21(17(26)13-18(27)28)24(14-19(29)32-25)20(22(30)31-7-3)15(4)16-11-9-8-10-12-16/h8-12,15,20-21H,5-7,13-14H2,1-4H3,(H,27,28)/t15-,20-,21-/m0/s1. The number of carboxylic acids is 1. The summed E-state index contributed by atoms with van der Waals surface area (Å²) in [6, 6.07) is 8.16. The lowest BCUT2D eigenvalue weighted by Gasteiger charge is -2.47. The van der Waals surface area contributed by atoms with Gasteiger partial charge in [-0.25, -0.2) is 9.80 Å². The molecule has 1 saturated heterocycles. The minimum absolute atomic E-state index is 0.114. The molecule has 3 atom stereocenters. The Morgan fingerprint density at radius 2 is 1.81 bits per heavy atom. The van der Waals surface area contributed by atoms with E-state index in [9.17, 15) is 24.3 Å². The van der Waals surface area contributed by atoms with Crippen LogP contribution >= 0.6 is 0 Å². The summed E-state index contributed by atoms with van der Waals surface area (Å²) in [6.45, 7) is 7.63. The molecule has 1 heterocycles. The number of carbonyl (C=O) groups is 4. The molecule has 0 aliphatic carbocycles. The molecule has 1 fully saturated rings. The van der Waals surface area contributed by atoms with Gasteiger partial charge in [-0.3, -0.25) is 19.3 Å². The number of esters is 1. The van der Waals surface area contributed by atoms with Crippen LogP contribution in [0, 0.1) is 0 Å². The van der Waals surface area contributed by atoms with E-state index in [0.717, 1.165) is 10.7 Å². The zero-order valence-corrected chi connectivity index (χ0v) is 18.9. The molecule has 0 amide bonds. The van der Waals surface area contributed by atoms with E-state index in [1.807, 2.05) is 44.2 Å². The molecule has 0 spiro atoms. The molecular weight excluding hydrogens is 418 g/mol. The lowest BCUT2D eigenvalue weighted by atomic mass is 9.91. The number of hydrogen-bond donors (Lipinski definition) is 1. The number of carbonyl (C=O) groups excluding carboxylic acids is 3. The lowest BCUT2D eigenvalue weighted by Crippen LogP contribution is -2.68. The van der Waals surface area contributed by atoms with E-state index in [0.29, 0.717) is 13.1 Å². The third-order valence-corrected chi connectivity index (χ3v) is 5.34. The largest absolute Gasteiger partial charge is 0.481 e.